The van der Waals surface area contributed by atoms with Gasteiger partial charge in [-0.1, -0.05) is 44.2 Å². The number of nitrogens with one attached hydrogen (secondary N) is 1. The number of fused-ring (bicyclic) bond motifs is 1. The highest BCUT2D eigenvalue weighted by molar-refractivity contribution is 9.10. The fraction of sp³-hybridized carbons (Fsp3) is 0.250. The molecule has 0 fully saturated rings. The maximum Gasteiger partial charge on any atom is 0.180 e. The van der Waals surface area contributed by atoms with Crippen LogP contribution in [0.25, 0.3) is 5.65 Å². The highest BCUT2D eigenvalue weighted by atomic mass is 79.9. The summed E-state index contributed by atoms with van der Waals surface area (Å²) in [6.45, 7) is 5.22. The molecule has 2 heterocycles. The Bertz CT molecular complexity index is 749. The molecule has 21 heavy (non-hydrogen) atoms. The van der Waals surface area contributed by atoms with Gasteiger partial charge in [0.15, 0.2) is 11.5 Å². The first-order valence-electron chi connectivity index (χ1n) is 6.85. The molecule has 2 aromatic heterocycles. The van der Waals surface area contributed by atoms with Crippen molar-refractivity contribution in [2.75, 3.05) is 11.9 Å². The van der Waals surface area contributed by atoms with Crippen LogP contribution in [-0.4, -0.2) is 20.9 Å². The Hall–Kier alpha value is -1.88. The van der Waals surface area contributed by atoms with E-state index < -0.39 is 0 Å². The van der Waals surface area contributed by atoms with Crippen molar-refractivity contribution in [3.05, 3.63) is 59.1 Å². The lowest BCUT2D eigenvalue weighted by molar-refractivity contribution is 0.556. The lowest BCUT2D eigenvalue weighted by Gasteiger charge is -2.26. The van der Waals surface area contributed by atoms with E-state index in [9.17, 15) is 0 Å². The Morgan fingerprint density at radius 2 is 2.00 bits per heavy atom. The van der Waals surface area contributed by atoms with Crippen LogP contribution in [0.2, 0.25) is 0 Å². The lowest BCUT2D eigenvalue weighted by atomic mass is 9.85. The van der Waals surface area contributed by atoms with Crippen LogP contribution in [0.3, 0.4) is 0 Å². The van der Waals surface area contributed by atoms with E-state index in [0.717, 1.165) is 22.6 Å². The molecule has 0 amide bonds. The normalized spacial score (nSPS) is 11.8. The second-order valence-corrected chi connectivity index (χ2v) is 6.49. The van der Waals surface area contributed by atoms with E-state index in [1.165, 1.54) is 5.56 Å². The summed E-state index contributed by atoms with van der Waals surface area (Å²) in [5, 5.41) is 3.43. The fourth-order valence-electron chi connectivity index (χ4n) is 2.32. The van der Waals surface area contributed by atoms with Gasteiger partial charge >= 0.3 is 0 Å². The maximum atomic E-state index is 4.49. The van der Waals surface area contributed by atoms with Gasteiger partial charge in [0.25, 0.3) is 0 Å². The van der Waals surface area contributed by atoms with Crippen molar-refractivity contribution in [2.24, 2.45) is 0 Å². The van der Waals surface area contributed by atoms with Crippen molar-refractivity contribution < 1.29 is 0 Å². The number of benzene rings is 1. The number of halogens is 1. The summed E-state index contributed by atoms with van der Waals surface area (Å²) in [6.07, 6.45) is 5.59. The minimum Gasteiger partial charge on any atom is -0.366 e. The number of aromatic nitrogens is 3. The van der Waals surface area contributed by atoms with E-state index in [0.29, 0.717) is 0 Å². The molecule has 0 bridgehead atoms. The first-order chi connectivity index (χ1) is 10.1. The summed E-state index contributed by atoms with van der Waals surface area (Å²) < 4.78 is 2.74. The minimum atomic E-state index is 0.00877. The smallest absolute Gasteiger partial charge is 0.180 e. The summed E-state index contributed by atoms with van der Waals surface area (Å²) in [5.41, 5.74) is 2.14. The lowest BCUT2D eigenvalue weighted by Crippen LogP contribution is -2.28. The third-order valence-corrected chi connectivity index (χ3v) is 3.98. The monoisotopic (exact) mass is 344 g/mol. The highest BCUT2D eigenvalue weighted by Gasteiger charge is 2.21. The van der Waals surface area contributed by atoms with Crippen LogP contribution >= 0.6 is 15.9 Å². The number of hydrogen-bond donors (Lipinski definition) is 1. The summed E-state index contributed by atoms with van der Waals surface area (Å²) >= 11 is 3.43. The second kappa shape index (κ2) is 5.48. The standard InChI is InChI=1S/C16H17BrN4/c1-16(2,12-6-4-3-5-7-12)11-19-14-15-18-8-9-21(15)10-13(17)20-14/h3-10H,11H2,1-2H3,(H,19,20). The van der Waals surface area contributed by atoms with Crippen LogP contribution in [0, 0.1) is 0 Å². The Morgan fingerprint density at radius 1 is 1.24 bits per heavy atom. The number of anilines is 1. The summed E-state index contributed by atoms with van der Waals surface area (Å²) in [6, 6.07) is 10.5. The van der Waals surface area contributed by atoms with E-state index in [4.69, 9.17) is 0 Å². The van der Waals surface area contributed by atoms with Gasteiger partial charge in [0.05, 0.1) is 0 Å². The number of rotatable bonds is 4. The molecule has 3 aromatic rings. The highest BCUT2D eigenvalue weighted by Crippen LogP contribution is 2.24. The van der Waals surface area contributed by atoms with Gasteiger partial charge in [-0.3, -0.25) is 0 Å². The van der Waals surface area contributed by atoms with Gasteiger partial charge in [-0.2, -0.15) is 0 Å². The molecule has 0 atom stereocenters. The minimum absolute atomic E-state index is 0.00877. The Labute approximate surface area is 132 Å². The molecule has 3 rings (SSSR count). The van der Waals surface area contributed by atoms with Gasteiger partial charge < -0.3 is 9.72 Å². The zero-order valence-electron chi connectivity index (χ0n) is 12.0. The van der Waals surface area contributed by atoms with Crippen molar-refractivity contribution >= 4 is 27.4 Å². The summed E-state index contributed by atoms with van der Waals surface area (Å²) in [4.78, 5) is 8.84. The molecule has 0 spiro atoms. The van der Waals surface area contributed by atoms with Crippen molar-refractivity contribution in [1.82, 2.24) is 14.4 Å². The largest absolute Gasteiger partial charge is 0.366 e. The molecule has 1 N–H and O–H groups in total. The van der Waals surface area contributed by atoms with Crippen LogP contribution in [-0.2, 0) is 5.41 Å². The molecule has 0 saturated heterocycles. The van der Waals surface area contributed by atoms with E-state index in [1.807, 2.05) is 22.9 Å². The molecule has 0 aliphatic rings. The van der Waals surface area contributed by atoms with Crippen molar-refractivity contribution in [1.29, 1.82) is 0 Å². The first-order valence-corrected chi connectivity index (χ1v) is 7.64. The second-order valence-electron chi connectivity index (χ2n) is 5.67. The van der Waals surface area contributed by atoms with Crippen LogP contribution in [0.15, 0.2) is 53.5 Å². The molecule has 4 nitrogen and oxygen atoms in total. The van der Waals surface area contributed by atoms with Gasteiger partial charge in [0.2, 0.25) is 0 Å². The maximum absolute atomic E-state index is 4.49. The third-order valence-electron chi connectivity index (χ3n) is 3.60. The molecule has 0 aliphatic heterocycles. The zero-order valence-corrected chi connectivity index (χ0v) is 13.6. The molecule has 0 saturated carbocycles. The van der Waals surface area contributed by atoms with E-state index in [-0.39, 0.29) is 5.41 Å². The van der Waals surface area contributed by atoms with Crippen molar-refractivity contribution in [2.45, 2.75) is 19.3 Å². The van der Waals surface area contributed by atoms with Crippen LogP contribution in [0.1, 0.15) is 19.4 Å². The SMILES string of the molecule is CC(C)(CNc1nc(Br)cn2ccnc12)c1ccccc1. The predicted molar refractivity (Wildman–Crippen MR) is 88.6 cm³/mol. The van der Waals surface area contributed by atoms with Crippen LogP contribution in [0.4, 0.5) is 5.82 Å². The molecule has 1 aromatic carbocycles. The first kappa shape index (κ1) is 14.1. The Balaban J connectivity index is 1.85. The van der Waals surface area contributed by atoms with Gasteiger partial charge in [0.1, 0.15) is 4.60 Å². The van der Waals surface area contributed by atoms with E-state index in [2.05, 4.69) is 69.3 Å². The fourth-order valence-corrected chi connectivity index (χ4v) is 2.71. The molecular formula is C16H17BrN4. The van der Waals surface area contributed by atoms with Crippen LogP contribution in [0.5, 0.6) is 0 Å². The topological polar surface area (TPSA) is 42.2 Å². The van der Waals surface area contributed by atoms with Crippen molar-refractivity contribution in [3.63, 3.8) is 0 Å². The zero-order chi connectivity index (χ0) is 14.9. The Kier molecular flexibility index (Phi) is 3.68. The van der Waals surface area contributed by atoms with Gasteiger partial charge in [-0.05, 0) is 21.5 Å². The number of hydrogen-bond acceptors (Lipinski definition) is 3. The van der Waals surface area contributed by atoms with Crippen LogP contribution < -0.4 is 5.32 Å². The van der Waals surface area contributed by atoms with E-state index >= 15 is 0 Å². The Morgan fingerprint density at radius 3 is 2.76 bits per heavy atom. The molecule has 108 valence electrons. The summed E-state index contributed by atoms with van der Waals surface area (Å²) in [7, 11) is 0. The molecular weight excluding hydrogens is 328 g/mol. The molecule has 5 heteroatoms. The average Bonchev–Trinajstić information content (AvgIpc) is 2.94. The van der Waals surface area contributed by atoms with Gasteiger partial charge in [-0.15, -0.1) is 0 Å². The quantitative estimate of drug-likeness (QED) is 0.780. The molecule has 0 unspecified atom stereocenters. The molecule has 0 aliphatic carbocycles. The number of imidazole rings is 1. The third kappa shape index (κ3) is 2.93. The predicted octanol–water partition coefficient (Wildman–Crippen LogP) is 3.88. The summed E-state index contributed by atoms with van der Waals surface area (Å²) in [5.74, 6) is 0.790. The number of nitrogens with zero attached hydrogens (tertiary/aromatic N) is 3. The van der Waals surface area contributed by atoms with E-state index in [1.54, 1.807) is 6.20 Å². The van der Waals surface area contributed by atoms with Crippen molar-refractivity contribution in [3.8, 4) is 0 Å². The average molecular weight is 345 g/mol. The van der Waals surface area contributed by atoms with Gasteiger partial charge in [0, 0.05) is 30.6 Å². The molecule has 0 radical (unpaired) electrons. The van der Waals surface area contributed by atoms with Gasteiger partial charge in [-0.25, -0.2) is 9.97 Å².